The Morgan fingerprint density at radius 2 is 1.88 bits per heavy atom. The Morgan fingerprint density at radius 1 is 1.28 bits per heavy atom. The van der Waals surface area contributed by atoms with Crippen LogP contribution in [0.2, 0.25) is 0 Å². The van der Waals surface area contributed by atoms with E-state index in [2.05, 4.69) is 6.92 Å². The minimum atomic E-state index is -0.774. The Hall–Kier alpha value is -1.44. The van der Waals surface area contributed by atoms with Gasteiger partial charge in [-0.2, -0.15) is 0 Å². The van der Waals surface area contributed by atoms with E-state index in [1.807, 2.05) is 6.92 Å². The summed E-state index contributed by atoms with van der Waals surface area (Å²) in [6, 6.07) is 0.975. The first-order valence-corrected chi connectivity index (χ1v) is 9.48. The first-order chi connectivity index (χ1) is 11.9. The second-order valence-corrected chi connectivity index (χ2v) is 8.00. The lowest BCUT2D eigenvalue weighted by Crippen LogP contribution is -2.48. The molecule has 1 saturated carbocycles. The van der Waals surface area contributed by atoms with Gasteiger partial charge in [0, 0.05) is 10.8 Å². The summed E-state index contributed by atoms with van der Waals surface area (Å²) in [6.45, 7) is 3.28. The van der Waals surface area contributed by atoms with Crippen LogP contribution in [0.1, 0.15) is 47.2 Å². The predicted molar refractivity (Wildman–Crippen MR) is 97.0 cm³/mol. The molecule has 25 heavy (non-hydrogen) atoms. The van der Waals surface area contributed by atoms with Crippen molar-refractivity contribution in [3.8, 4) is 0 Å². The Morgan fingerprint density at radius 3 is 2.40 bits per heavy atom. The summed E-state index contributed by atoms with van der Waals surface area (Å²) in [7, 11) is 1.30. The van der Waals surface area contributed by atoms with Gasteiger partial charge in [0.15, 0.2) is 0 Å². The van der Waals surface area contributed by atoms with E-state index in [1.165, 1.54) is 23.3 Å². The second kappa shape index (κ2) is 8.78. The molecule has 2 N–H and O–H groups in total. The van der Waals surface area contributed by atoms with Gasteiger partial charge in [-0.05, 0) is 44.6 Å². The monoisotopic (exact) mass is 369 g/mol. The molecule has 1 heterocycles. The van der Waals surface area contributed by atoms with Crippen LogP contribution in [0.5, 0.6) is 0 Å². The number of anilines is 1. The zero-order valence-electron chi connectivity index (χ0n) is 15.0. The van der Waals surface area contributed by atoms with E-state index < -0.39 is 12.0 Å². The molecule has 1 aliphatic rings. The number of nitrogens with zero attached hydrogens (tertiary/aromatic N) is 1. The highest BCUT2D eigenvalue weighted by Gasteiger charge is 2.35. The number of carbonyl (C=O) groups excluding carboxylic acids is 2. The van der Waals surface area contributed by atoms with E-state index in [0.717, 1.165) is 30.6 Å². The minimum absolute atomic E-state index is 0.136. The number of aliphatic hydroxyl groups excluding tert-OH is 2. The molecule has 1 aliphatic carbocycles. The van der Waals surface area contributed by atoms with Crippen LogP contribution < -0.4 is 4.90 Å². The predicted octanol–water partition coefficient (Wildman–Crippen LogP) is 2.36. The van der Waals surface area contributed by atoms with Gasteiger partial charge in [-0.15, -0.1) is 11.3 Å². The van der Waals surface area contributed by atoms with Crippen molar-refractivity contribution in [2.45, 2.75) is 45.6 Å². The van der Waals surface area contributed by atoms with Gasteiger partial charge in [-0.1, -0.05) is 6.92 Å². The molecule has 1 fully saturated rings. The van der Waals surface area contributed by atoms with E-state index in [9.17, 15) is 19.8 Å². The first kappa shape index (κ1) is 19.9. The molecule has 1 aromatic heterocycles. The molecule has 0 unspecified atom stereocenters. The van der Waals surface area contributed by atoms with Crippen molar-refractivity contribution in [1.82, 2.24) is 0 Å². The number of thiophene rings is 1. The van der Waals surface area contributed by atoms with E-state index in [1.54, 1.807) is 6.07 Å². The molecular formula is C18H27NO5S. The van der Waals surface area contributed by atoms with E-state index >= 15 is 0 Å². The molecule has 0 bridgehead atoms. The van der Waals surface area contributed by atoms with Crippen LogP contribution in [0.25, 0.3) is 0 Å². The molecule has 1 amide bonds. The third-order valence-electron chi connectivity index (χ3n) is 4.86. The quantitative estimate of drug-likeness (QED) is 0.752. The van der Waals surface area contributed by atoms with Crippen LogP contribution in [0.3, 0.4) is 0 Å². The minimum Gasteiger partial charge on any atom is -0.465 e. The van der Waals surface area contributed by atoms with Gasteiger partial charge < -0.3 is 19.8 Å². The molecule has 0 aliphatic heterocycles. The second-order valence-electron chi connectivity index (χ2n) is 6.75. The third-order valence-corrected chi connectivity index (χ3v) is 5.87. The van der Waals surface area contributed by atoms with Crippen molar-refractivity contribution < 1.29 is 24.5 Å². The van der Waals surface area contributed by atoms with Crippen LogP contribution in [-0.4, -0.2) is 48.5 Å². The number of rotatable bonds is 6. The maximum atomic E-state index is 13.2. The number of hydrogen-bond donors (Lipinski definition) is 2. The Bertz CT molecular complexity index is 603. The van der Waals surface area contributed by atoms with Crippen molar-refractivity contribution in [3.05, 3.63) is 15.8 Å². The van der Waals surface area contributed by atoms with Gasteiger partial charge in [0.05, 0.1) is 32.1 Å². The zero-order chi connectivity index (χ0) is 18.6. The van der Waals surface area contributed by atoms with Crippen LogP contribution in [0.4, 0.5) is 5.69 Å². The SMILES string of the molecule is COC(=O)c1sc(C)cc1N(C(=O)C1CCC(C)CC1)C(CO)CO. The lowest BCUT2D eigenvalue weighted by atomic mass is 9.82. The van der Waals surface area contributed by atoms with E-state index in [0.29, 0.717) is 16.5 Å². The maximum Gasteiger partial charge on any atom is 0.350 e. The fourth-order valence-electron chi connectivity index (χ4n) is 3.34. The van der Waals surface area contributed by atoms with Gasteiger partial charge in [-0.25, -0.2) is 4.79 Å². The fraction of sp³-hybridized carbons (Fsp3) is 0.667. The largest absolute Gasteiger partial charge is 0.465 e. The van der Waals surface area contributed by atoms with Crippen molar-refractivity contribution in [3.63, 3.8) is 0 Å². The number of methoxy groups -OCH3 is 1. The van der Waals surface area contributed by atoms with Gasteiger partial charge in [0.1, 0.15) is 4.88 Å². The summed E-state index contributed by atoms with van der Waals surface area (Å²) < 4.78 is 4.84. The van der Waals surface area contributed by atoms with Crippen molar-refractivity contribution in [1.29, 1.82) is 0 Å². The number of ether oxygens (including phenoxy) is 1. The average Bonchev–Trinajstić information content (AvgIpc) is 3.00. The van der Waals surface area contributed by atoms with Crippen molar-refractivity contribution >= 4 is 28.9 Å². The number of aliphatic hydroxyl groups is 2. The number of amides is 1. The molecule has 0 aromatic carbocycles. The van der Waals surface area contributed by atoms with Crippen LogP contribution in [-0.2, 0) is 9.53 Å². The summed E-state index contributed by atoms with van der Waals surface area (Å²) >= 11 is 1.25. The normalized spacial score (nSPS) is 20.6. The smallest absolute Gasteiger partial charge is 0.350 e. The molecule has 1 aromatic rings. The molecule has 0 radical (unpaired) electrons. The summed E-state index contributed by atoms with van der Waals surface area (Å²) in [5, 5.41) is 19.3. The molecule has 0 spiro atoms. The fourth-order valence-corrected chi connectivity index (χ4v) is 4.26. The van der Waals surface area contributed by atoms with Crippen LogP contribution >= 0.6 is 11.3 Å². The number of hydrogen-bond acceptors (Lipinski definition) is 6. The van der Waals surface area contributed by atoms with Gasteiger partial charge in [-0.3, -0.25) is 4.79 Å². The highest BCUT2D eigenvalue weighted by molar-refractivity contribution is 7.14. The summed E-state index contributed by atoms with van der Waals surface area (Å²) in [5.41, 5.74) is 0.422. The summed E-state index contributed by atoms with van der Waals surface area (Å²) in [5.74, 6) is -0.193. The average molecular weight is 369 g/mol. The number of esters is 1. The molecule has 6 nitrogen and oxygen atoms in total. The third kappa shape index (κ3) is 4.40. The molecule has 2 rings (SSSR count). The van der Waals surface area contributed by atoms with E-state index in [4.69, 9.17) is 4.74 Å². The Labute approximate surface area is 152 Å². The standard InChI is InChI=1S/C18H27NO5S/c1-11-4-6-13(7-5-11)17(22)19(14(9-20)10-21)15-8-12(2)25-16(15)18(23)24-3/h8,11,13-14,20-21H,4-7,9-10H2,1-3H3. The van der Waals surface area contributed by atoms with Crippen molar-refractivity contribution in [2.75, 3.05) is 25.2 Å². The Kier molecular flexibility index (Phi) is 6.98. The first-order valence-electron chi connectivity index (χ1n) is 8.66. The maximum absolute atomic E-state index is 13.2. The lowest BCUT2D eigenvalue weighted by molar-refractivity contribution is -0.124. The molecular weight excluding hydrogens is 342 g/mol. The highest BCUT2D eigenvalue weighted by atomic mass is 32.1. The van der Waals surface area contributed by atoms with Crippen LogP contribution in [0.15, 0.2) is 6.07 Å². The van der Waals surface area contributed by atoms with Crippen LogP contribution in [0, 0.1) is 18.8 Å². The van der Waals surface area contributed by atoms with Gasteiger partial charge in [0.25, 0.3) is 0 Å². The summed E-state index contributed by atoms with van der Waals surface area (Å²) in [6.07, 6.45) is 3.55. The molecule has 7 heteroatoms. The van der Waals surface area contributed by atoms with E-state index in [-0.39, 0.29) is 25.0 Å². The molecule has 140 valence electrons. The summed E-state index contributed by atoms with van der Waals surface area (Å²) in [4.78, 5) is 27.9. The van der Waals surface area contributed by atoms with Gasteiger partial charge in [0.2, 0.25) is 5.91 Å². The number of aryl methyl sites for hydroxylation is 1. The Balaban J connectivity index is 2.40. The zero-order valence-corrected chi connectivity index (χ0v) is 15.8. The molecule has 0 saturated heterocycles. The number of carbonyl (C=O) groups is 2. The topological polar surface area (TPSA) is 87.1 Å². The molecule has 0 atom stereocenters. The van der Waals surface area contributed by atoms with Gasteiger partial charge >= 0.3 is 5.97 Å². The van der Waals surface area contributed by atoms with Crippen molar-refractivity contribution in [2.24, 2.45) is 11.8 Å². The lowest BCUT2D eigenvalue weighted by Gasteiger charge is -2.34. The highest BCUT2D eigenvalue weighted by Crippen LogP contribution is 2.36.